The van der Waals surface area contributed by atoms with Crippen molar-refractivity contribution < 1.29 is 14.6 Å². The maximum atomic E-state index is 11.5. The second-order valence-corrected chi connectivity index (χ2v) is 4.19. The molecule has 0 amide bonds. The molecule has 2 aromatic carbocycles. The molecule has 0 heterocycles. The van der Waals surface area contributed by atoms with E-state index in [1.165, 1.54) is 0 Å². The molecule has 0 fully saturated rings. The zero-order valence-electron chi connectivity index (χ0n) is 10.6. The first kappa shape index (κ1) is 13.3. The highest BCUT2D eigenvalue weighted by Gasteiger charge is 2.05. The Hall–Kier alpha value is -2.13. The zero-order valence-corrected chi connectivity index (χ0v) is 10.6. The summed E-state index contributed by atoms with van der Waals surface area (Å²) in [5, 5.41) is 0. The lowest BCUT2D eigenvalue weighted by molar-refractivity contribution is -0.279. The Morgan fingerprint density at radius 2 is 1.42 bits per heavy atom. The van der Waals surface area contributed by atoms with Gasteiger partial charge in [0.25, 0.3) is 0 Å². The lowest BCUT2D eigenvalue weighted by atomic mass is 10.1. The quantitative estimate of drug-likeness (QED) is 0.587. The lowest BCUT2D eigenvalue weighted by Crippen LogP contribution is -2.06. The van der Waals surface area contributed by atoms with Crippen molar-refractivity contribution in [2.45, 2.75) is 19.4 Å². The average molecular weight is 256 g/mol. The van der Waals surface area contributed by atoms with Crippen molar-refractivity contribution in [2.24, 2.45) is 0 Å². The maximum absolute atomic E-state index is 11.5. The number of hydrogen-bond acceptors (Lipinski definition) is 3. The third-order valence-electron chi connectivity index (χ3n) is 2.68. The summed E-state index contributed by atoms with van der Waals surface area (Å²) in [6.07, 6.45) is 0.979. The lowest BCUT2D eigenvalue weighted by Gasteiger charge is -2.04. The fourth-order valence-electron chi connectivity index (χ4n) is 1.67. The van der Waals surface area contributed by atoms with Crippen LogP contribution in [0.25, 0.3) is 0 Å². The summed E-state index contributed by atoms with van der Waals surface area (Å²) >= 11 is 0. The van der Waals surface area contributed by atoms with Crippen LogP contribution in [0, 0.1) is 0 Å². The number of carbonyl (C=O) groups excluding carboxylic acids is 1. The van der Waals surface area contributed by atoms with Crippen molar-refractivity contribution in [1.82, 2.24) is 0 Å². The van der Waals surface area contributed by atoms with Gasteiger partial charge in [0.15, 0.2) is 0 Å². The molecule has 0 aliphatic carbocycles. The van der Waals surface area contributed by atoms with Gasteiger partial charge < -0.3 is 0 Å². The SMILES string of the molecule is O=C(CCc1ccccc1)OOCc1ccccc1. The van der Waals surface area contributed by atoms with Crippen LogP contribution >= 0.6 is 0 Å². The van der Waals surface area contributed by atoms with Crippen LogP contribution < -0.4 is 0 Å². The summed E-state index contributed by atoms with van der Waals surface area (Å²) in [6, 6.07) is 19.4. The van der Waals surface area contributed by atoms with Gasteiger partial charge in [-0.1, -0.05) is 60.7 Å². The normalized spacial score (nSPS) is 10.1. The summed E-state index contributed by atoms with van der Waals surface area (Å²) in [5.41, 5.74) is 2.08. The van der Waals surface area contributed by atoms with E-state index in [-0.39, 0.29) is 12.6 Å². The molecule has 0 atom stereocenters. The number of carbonyl (C=O) groups is 1. The Balaban J connectivity index is 1.65. The minimum atomic E-state index is -0.347. The van der Waals surface area contributed by atoms with E-state index in [2.05, 4.69) is 0 Å². The van der Waals surface area contributed by atoms with Crippen LogP contribution in [0.1, 0.15) is 17.5 Å². The van der Waals surface area contributed by atoms with Crippen molar-refractivity contribution in [3.05, 3.63) is 71.8 Å². The van der Waals surface area contributed by atoms with Gasteiger partial charge in [-0.2, -0.15) is 4.89 Å². The Morgan fingerprint density at radius 3 is 2.05 bits per heavy atom. The fraction of sp³-hybridized carbons (Fsp3) is 0.188. The summed E-state index contributed by atoms with van der Waals surface area (Å²) in [6.45, 7) is 0.276. The van der Waals surface area contributed by atoms with Gasteiger partial charge in [-0.05, 0) is 17.5 Å². The number of aryl methyl sites for hydroxylation is 1. The largest absolute Gasteiger partial charge is 0.342 e. The van der Waals surface area contributed by atoms with Crippen LogP contribution in [0.4, 0.5) is 0 Å². The molecule has 19 heavy (non-hydrogen) atoms. The molecule has 98 valence electrons. The fourth-order valence-corrected chi connectivity index (χ4v) is 1.67. The standard InChI is InChI=1S/C16H16O3/c17-16(12-11-14-7-3-1-4-8-14)19-18-13-15-9-5-2-6-10-15/h1-10H,11-13H2. The smallest absolute Gasteiger partial charge is 0.298 e. The van der Waals surface area contributed by atoms with E-state index in [4.69, 9.17) is 9.78 Å². The number of hydrogen-bond donors (Lipinski definition) is 0. The van der Waals surface area contributed by atoms with Crippen molar-refractivity contribution in [3.63, 3.8) is 0 Å². The van der Waals surface area contributed by atoms with E-state index in [0.717, 1.165) is 11.1 Å². The molecule has 0 aromatic heterocycles. The van der Waals surface area contributed by atoms with Gasteiger partial charge in [-0.15, -0.1) is 0 Å². The zero-order chi connectivity index (χ0) is 13.3. The minimum absolute atomic E-state index is 0.276. The Morgan fingerprint density at radius 1 is 0.842 bits per heavy atom. The predicted octanol–water partition coefficient (Wildman–Crippen LogP) is 3.29. The van der Waals surface area contributed by atoms with E-state index >= 15 is 0 Å². The van der Waals surface area contributed by atoms with E-state index in [1.54, 1.807) is 0 Å². The second-order valence-electron chi connectivity index (χ2n) is 4.19. The van der Waals surface area contributed by atoms with E-state index in [9.17, 15) is 4.79 Å². The first-order valence-corrected chi connectivity index (χ1v) is 6.25. The second kappa shape index (κ2) is 7.34. The van der Waals surface area contributed by atoms with Crippen LogP contribution in [0.5, 0.6) is 0 Å². The maximum Gasteiger partial charge on any atom is 0.342 e. The highest BCUT2D eigenvalue weighted by Crippen LogP contribution is 2.05. The average Bonchev–Trinajstić information content (AvgIpc) is 2.47. The van der Waals surface area contributed by atoms with Gasteiger partial charge in [0.2, 0.25) is 0 Å². The monoisotopic (exact) mass is 256 g/mol. The molecule has 0 saturated heterocycles. The van der Waals surface area contributed by atoms with Gasteiger partial charge in [0.05, 0.1) is 6.42 Å². The molecule has 0 radical (unpaired) electrons. The predicted molar refractivity (Wildman–Crippen MR) is 72.1 cm³/mol. The van der Waals surface area contributed by atoms with E-state index in [1.807, 2.05) is 60.7 Å². The summed E-state index contributed by atoms with van der Waals surface area (Å²) in [7, 11) is 0. The van der Waals surface area contributed by atoms with Gasteiger partial charge in [-0.25, -0.2) is 4.79 Å². The van der Waals surface area contributed by atoms with Crippen LogP contribution in [-0.4, -0.2) is 5.97 Å². The van der Waals surface area contributed by atoms with Crippen LogP contribution in [0.2, 0.25) is 0 Å². The third-order valence-corrected chi connectivity index (χ3v) is 2.68. The highest BCUT2D eigenvalue weighted by atomic mass is 17.2. The molecule has 3 heteroatoms. The minimum Gasteiger partial charge on any atom is -0.298 e. The molecule has 2 aromatic rings. The van der Waals surface area contributed by atoms with Crippen LogP contribution in [0.15, 0.2) is 60.7 Å². The Labute approximate surface area is 112 Å². The molecule has 0 unspecified atom stereocenters. The van der Waals surface area contributed by atoms with Gasteiger partial charge in [0.1, 0.15) is 6.61 Å². The summed E-state index contributed by atoms with van der Waals surface area (Å²) < 4.78 is 0. The molecular weight excluding hydrogens is 240 g/mol. The molecule has 0 saturated carbocycles. The molecule has 3 nitrogen and oxygen atoms in total. The molecule has 2 rings (SSSR count). The van der Waals surface area contributed by atoms with Gasteiger partial charge in [-0.3, -0.25) is 4.89 Å². The molecular formula is C16H16O3. The highest BCUT2D eigenvalue weighted by molar-refractivity contribution is 5.69. The number of benzene rings is 2. The van der Waals surface area contributed by atoms with Gasteiger partial charge >= 0.3 is 5.97 Å². The molecule has 0 aliphatic rings. The van der Waals surface area contributed by atoms with E-state index in [0.29, 0.717) is 12.8 Å². The van der Waals surface area contributed by atoms with E-state index < -0.39 is 0 Å². The summed E-state index contributed by atoms with van der Waals surface area (Å²) in [5.74, 6) is -0.347. The third kappa shape index (κ3) is 4.94. The molecule has 0 aliphatic heterocycles. The molecule has 0 N–H and O–H groups in total. The Kier molecular flexibility index (Phi) is 5.14. The molecule has 0 spiro atoms. The van der Waals surface area contributed by atoms with Crippen molar-refractivity contribution >= 4 is 5.97 Å². The Bertz CT molecular complexity index is 494. The van der Waals surface area contributed by atoms with Gasteiger partial charge in [0, 0.05) is 0 Å². The summed E-state index contributed by atoms with van der Waals surface area (Å²) in [4.78, 5) is 21.1. The first-order valence-electron chi connectivity index (χ1n) is 6.25. The first-order chi connectivity index (χ1) is 9.34. The van der Waals surface area contributed by atoms with Crippen LogP contribution in [-0.2, 0) is 27.6 Å². The molecule has 0 bridgehead atoms. The topological polar surface area (TPSA) is 35.5 Å². The van der Waals surface area contributed by atoms with Crippen LogP contribution in [0.3, 0.4) is 0 Å². The number of rotatable bonds is 6. The van der Waals surface area contributed by atoms with Crippen molar-refractivity contribution in [2.75, 3.05) is 0 Å². The van der Waals surface area contributed by atoms with Crippen molar-refractivity contribution in [1.29, 1.82) is 0 Å². The van der Waals surface area contributed by atoms with Crippen molar-refractivity contribution in [3.8, 4) is 0 Å².